The van der Waals surface area contributed by atoms with Crippen molar-refractivity contribution in [3.05, 3.63) is 28.8 Å². The maximum atomic E-state index is 6.15. The van der Waals surface area contributed by atoms with Crippen LogP contribution in [0.5, 0.6) is 5.75 Å². The number of methoxy groups -OCH3 is 1. The molecular formula is C12H14ClN3O. The highest BCUT2D eigenvalue weighted by Gasteiger charge is 2.10. The molecule has 0 saturated heterocycles. The molecule has 2 aromatic rings. The van der Waals surface area contributed by atoms with Crippen LogP contribution in [0.1, 0.15) is 5.56 Å². The predicted octanol–water partition coefficient (Wildman–Crippen LogP) is 2.64. The van der Waals surface area contributed by atoms with Crippen molar-refractivity contribution in [2.45, 2.75) is 6.92 Å². The first kappa shape index (κ1) is 11.8. The molecule has 5 heteroatoms. The van der Waals surface area contributed by atoms with E-state index in [2.05, 4.69) is 5.10 Å². The number of rotatable bonds is 2. The molecule has 0 aliphatic heterocycles. The minimum Gasteiger partial charge on any atom is -0.496 e. The molecule has 0 amide bonds. The van der Waals surface area contributed by atoms with Crippen molar-refractivity contribution >= 4 is 17.4 Å². The fourth-order valence-corrected chi connectivity index (χ4v) is 1.85. The van der Waals surface area contributed by atoms with Gasteiger partial charge in [-0.2, -0.15) is 5.10 Å². The predicted molar refractivity (Wildman–Crippen MR) is 69.4 cm³/mol. The van der Waals surface area contributed by atoms with Crippen LogP contribution in [0.4, 0.5) is 5.82 Å². The third kappa shape index (κ3) is 2.08. The van der Waals surface area contributed by atoms with E-state index in [-0.39, 0.29) is 0 Å². The second-order valence-corrected chi connectivity index (χ2v) is 4.27. The summed E-state index contributed by atoms with van der Waals surface area (Å²) >= 11 is 6.15. The first-order valence-electron chi connectivity index (χ1n) is 5.17. The Hall–Kier alpha value is -1.68. The van der Waals surface area contributed by atoms with E-state index in [1.165, 1.54) is 0 Å². The zero-order chi connectivity index (χ0) is 12.6. The molecule has 90 valence electrons. The minimum absolute atomic E-state index is 0.607. The van der Waals surface area contributed by atoms with E-state index < -0.39 is 0 Å². The average Bonchev–Trinajstić information content (AvgIpc) is 2.63. The zero-order valence-electron chi connectivity index (χ0n) is 9.99. The van der Waals surface area contributed by atoms with Gasteiger partial charge in [0.1, 0.15) is 11.6 Å². The normalized spacial score (nSPS) is 10.6. The van der Waals surface area contributed by atoms with Crippen LogP contribution in [-0.2, 0) is 7.05 Å². The SMILES string of the molecule is COc1cc(-c2cc(N)n(C)n2)cc(Cl)c1C. The number of aromatic nitrogens is 2. The first-order chi connectivity index (χ1) is 8.02. The summed E-state index contributed by atoms with van der Waals surface area (Å²) in [5.74, 6) is 1.35. The smallest absolute Gasteiger partial charge is 0.123 e. The Labute approximate surface area is 105 Å². The third-order valence-corrected chi connectivity index (χ3v) is 3.12. The number of hydrogen-bond donors (Lipinski definition) is 1. The first-order valence-corrected chi connectivity index (χ1v) is 5.54. The number of halogens is 1. The van der Waals surface area contributed by atoms with E-state index >= 15 is 0 Å². The number of nitrogen functional groups attached to an aromatic ring is 1. The molecule has 17 heavy (non-hydrogen) atoms. The van der Waals surface area contributed by atoms with Gasteiger partial charge in [-0.1, -0.05) is 11.6 Å². The van der Waals surface area contributed by atoms with Crippen molar-refractivity contribution in [2.24, 2.45) is 7.05 Å². The van der Waals surface area contributed by atoms with Crippen LogP contribution in [0.25, 0.3) is 11.3 Å². The van der Waals surface area contributed by atoms with E-state index in [1.54, 1.807) is 24.9 Å². The number of ether oxygens (including phenoxy) is 1. The lowest BCUT2D eigenvalue weighted by molar-refractivity contribution is 0.412. The fourth-order valence-electron chi connectivity index (χ4n) is 1.64. The van der Waals surface area contributed by atoms with E-state index in [4.69, 9.17) is 22.1 Å². The van der Waals surface area contributed by atoms with Gasteiger partial charge in [-0.15, -0.1) is 0 Å². The summed E-state index contributed by atoms with van der Waals surface area (Å²) in [4.78, 5) is 0. The fraction of sp³-hybridized carbons (Fsp3) is 0.250. The molecule has 0 atom stereocenters. The summed E-state index contributed by atoms with van der Waals surface area (Å²) in [7, 11) is 3.42. The van der Waals surface area contributed by atoms with Gasteiger partial charge in [-0.25, -0.2) is 0 Å². The Morgan fingerprint density at radius 3 is 2.59 bits per heavy atom. The number of nitrogens with zero attached hydrogens (tertiary/aromatic N) is 2. The summed E-state index contributed by atoms with van der Waals surface area (Å²) in [6.45, 7) is 1.91. The molecule has 0 aliphatic rings. The largest absolute Gasteiger partial charge is 0.496 e. The molecule has 0 spiro atoms. The third-order valence-electron chi connectivity index (χ3n) is 2.73. The van der Waals surface area contributed by atoms with Crippen molar-refractivity contribution < 1.29 is 4.74 Å². The molecule has 0 saturated carbocycles. The van der Waals surface area contributed by atoms with Gasteiger partial charge in [-0.05, 0) is 19.1 Å². The van der Waals surface area contributed by atoms with E-state index in [0.29, 0.717) is 10.8 Å². The van der Waals surface area contributed by atoms with Gasteiger partial charge >= 0.3 is 0 Å². The number of nitrogens with two attached hydrogens (primary N) is 1. The summed E-state index contributed by atoms with van der Waals surface area (Å²) in [6, 6.07) is 5.57. The van der Waals surface area contributed by atoms with Crippen molar-refractivity contribution in [3.8, 4) is 17.0 Å². The Balaban J connectivity index is 2.56. The molecule has 2 N–H and O–H groups in total. The molecule has 2 rings (SSSR count). The van der Waals surface area contributed by atoms with Gasteiger partial charge < -0.3 is 10.5 Å². The van der Waals surface area contributed by atoms with Crippen LogP contribution in [0.2, 0.25) is 5.02 Å². The Kier molecular flexibility index (Phi) is 2.98. The summed E-state index contributed by atoms with van der Waals surface area (Å²) in [5.41, 5.74) is 8.35. The van der Waals surface area contributed by atoms with Crippen LogP contribution in [0, 0.1) is 6.92 Å². The number of aryl methyl sites for hydroxylation is 1. The molecule has 1 aromatic heterocycles. The molecule has 4 nitrogen and oxygen atoms in total. The van der Waals surface area contributed by atoms with E-state index in [9.17, 15) is 0 Å². The molecule has 0 unspecified atom stereocenters. The Morgan fingerprint density at radius 2 is 2.06 bits per heavy atom. The number of anilines is 1. The van der Waals surface area contributed by atoms with Gasteiger partial charge in [0.15, 0.2) is 0 Å². The summed E-state index contributed by atoms with van der Waals surface area (Å²) in [5, 5.41) is 4.96. The zero-order valence-corrected chi connectivity index (χ0v) is 10.7. The quantitative estimate of drug-likeness (QED) is 0.893. The van der Waals surface area contributed by atoms with Crippen LogP contribution >= 0.6 is 11.6 Å². The monoisotopic (exact) mass is 251 g/mol. The highest BCUT2D eigenvalue weighted by atomic mass is 35.5. The number of hydrogen-bond acceptors (Lipinski definition) is 3. The lowest BCUT2D eigenvalue weighted by Crippen LogP contribution is -1.96. The molecule has 0 bridgehead atoms. The molecule has 0 fully saturated rings. The minimum atomic E-state index is 0.607. The average molecular weight is 252 g/mol. The van der Waals surface area contributed by atoms with Crippen LogP contribution < -0.4 is 10.5 Å². The van der Waals surface area contributed by atoms with Crippen LogP contribution in [0.3, 0.4) is 0 Å². The van der Waals surface area contributed by atoms with Gasteiger partial charge in [-0.3, -0.25) is 4.68 Å². The van der Waals surface area contributed by atoms with Gasteiger partial charge in [0.25, 0.3) is 0 Å². The van der Waals surface area contributed by atoms with Gasteiger partial charge in [0.05, 0.1) is 12.8 Å². The number of benzene rings is 1. The van der Waals surface area contributed by atoms with Crippen LogP contribution in [0.15, 0.2) is 18.2 Å². The second kappa shape index (κ2) is 4.30. The van der Waals surface area contributed by atoms with E-state index in [0.717, 1.165) is 22.6 Å². The van der Waals surface area contributed by atoms with E-state index in [1.807, 2.05) is 19.1 Å². The highest BCUT2D eigenvalue weighted by molar-refractivity contribution is 6.31. The van der Waals surface area contributed by atoms with Crippen LogP contribution in [-0.4, -0.2) is 16.9 Å². The maximum absolute atomic E-state index is 6.15. The topological polar surface area (TPSA) is 53.1 Å². The lowest BCUT2D eigenvalue weighted by Gasteiger charge is -2.08. The standard InChI is InChI=1S/C12H14ClN3O/c1-7-9(13)4-8(5-11(7)17-3)10-6-12(14)16(2)15-10/h4-6H,14H2,1-3H3. The van der Waals surface area contributed by atoms with Gasteiger partial charge in [0, 0.05) is 29.3 Å². The molecule has 1 heterocycles. The van der Waals surface area contributed by atoms with Crippen molar-refractivity contribution in [1.82, 2.24) is 9.78 Å². The van der Waals surface area contributed by atoms with Gasteiger partial charge in [0.2, 0.25) is 0 Å². The molecule has 1 aromatic carbocycles. The highest BCUT2D eigenvalue weighted by Crippen LogP contribution is 2.32. The summed E-state index contributed by atoms with van der Waals surface area (Å²) in [6.07, 6.45) is 0. The van der Waals surface area contributed by atoms with Crippen molar-refractivity contribution in [2.75, 3.05) is 12.8 Å². The second-order valence-electron chi connectivity index (χ2n) is 3.86. The lowest BCUT2D eigenvalue weighted by atomic mass is 10.1. The molecule has 0 aliphatic carbocycles. The maximum Gasteiger partial charge on any atom is 0.123 e. The molecule has 0 radical (unpaired) electrons. The molecular weight excluding hydrogens is 238 g/mol. The van der Waals surface area contributed by atoms with Crippen molar-refractivity contribution in [1.29, 1.82) is 0 Å². The van der Waals surface area contributed by atoms with Crippen molar-refractivity contribution in [3.63, 3.8) is 0 Å². The Morgan fingerprint density at radius 1 is 1.35 bits per heavy atom. The Bertz CT molecular complexity index is 544. The summed E-state index contributed by atoms with van der Waals surface area (Å²) < 4.78 is 6.90.